The number of unbranched alkanes of at least 4 members (excludes halogenated alkanes) is 2. The van der Waals surface area contributed by atoms with Crippen LogP contribution in [0.1, 0.15) is 79.0 Å². The Hall–Kier alpha value is -4.26. The molecule has 0 aromatic heterocycles. The van der Waals surface area contributed by atoms with Crippen LogP contribution in [0.4, 0.5) is 0 Å². The van der Waals surface area contributed by atoms with Gasteiger partial charge in [-0.15, -0.1) is 0 Å². The predicted molar refractivity (Wildman–Crippen MR) is 203 cm³/mol. The summed E-state index contributed by atoms with van der Waals surface area (Å²) >= 11 is 0. The maximum Gasteiger partial charge on any atom is 0.318 e. The summed E-state index contributed by atoms with van der Waals surface area (Å²) in [6.45, 7) is 6.52. The maximum atomic E-state index is 13.5. The Labute approximate surface area is 305 Å². The zero-order valence-corrected chi connectivity index (χ0v) is 30.6. The molecule has 4 aromatic carbocycles. The normalized spacial score (nSPS) is 23.5. The minimum atomic E-state index is -0.396. The van der Waals surface area contributed by atoms with E-state index in [1.165, 1.54) is 32.4 Å². The van der Waals surface area contributed by atoms with Crippen molar-refractivity contribution in [3.05, 3.63) is 144 Å². The maximum absolute atomic E-state index is 13.5. The van der Waals surface area contributed by atoms with Gasteiger partial charge < -0.3 is 18.4 Å². The van der Waals surface area contributed by atoms with E-state index >= 15 is 0 Å². The van der Waals surface area contributed by atoms with E-state index in [1.807, 2.05) is 121 Å². The van der Waals surface area contributed by atoms with Crippen LogP contribution in [0.2, 0.25) is 0 Å². The van der Waals surface area contributed by atoms with Crippen LogP contribution in [-0.2, 0) is 19.1 Å². The molecule has 0 saturated carbocycles. The topological polar surface area (TPSA) is 52.6 Å². The molecule has 0 N–H and O–H groups in total. The Balaban J connectivity index is 0.901. The van der Waals surface area contributed by atoms with Gasteiger partial charge in [-0.05, 0) is 41.5 Å². The summed E-state index contributed by atoms with van der Waals surface area (Å²) in [5, 5.41) is 0. The third-order valence-corrected chi connectivity index (χ3v) is 11.4. The first-order valence-corrected chi connectivity index (χ1v) is 19.1. The number of carbonyl (C=O) groups excluding carboxylic acids is 2. The van der Waals surface area contributed by atoms with Crippen LogP contribution in [0, 0.1) is 0 Å². The van der Waals surface area contributed by atoms with E-state index in [-0.39, 0.29) is 24.1 Å². The van der Waals surface area contributed by atoms with E-state index in [2.05, 4.69) is 14.1 Å². The number of carbonyl (C=O) groups is 2. The molecular formula is C45H56N2O4+2. The number of hydrogen-bond acceptors (Lipinski definition) is 4. The highest BCUT2D eigenvalue weighted by Gasteiger charge is 2.36. The van der Waals surface area contributed by atoms with Crippen molar-refractivity contribution in [1.82, 2.24) is 0 Å². The van der Waals surface area contributed by atoms with Gasteiger partial charge in [0.05, 0.1) is 53.4 Å². The van der Waals surface area contributed by atoms with E-state index < -0.39 is 11.8 Å². The van der Waals surface area contributed by atoms with E-state index in [1.54, 1.807) is 0 Å². The first-order chi connectivity index (χ1) is 24.8. The molecule has 0 amide bonds. The quantitative estimate of drug-likeness (QED) is 0.0763. The summed E-state index contributed by atoms with van der Waals surface area (Å²) in [5.41, 5.74) is 3.91. The van der Waals surface area contributed by atoms with Gasteiger partial charge in [0.15, 0.2) is 0 Å². The second-order valence-corrected chi connectivity index (χ2v) is 15.4. The lowest BCUT2D eigenvalue weighted by Crippen LogP contribution is -2.52. The van der Waals surface area contributed by atoms with Crippen LogP contribution in [0.15, 0.2) is 121 Å². The lowest BCUT2D eigenvalue weighted by atomic mass is 9.91. The molecule has 2 saturated heterocycles. The number of rotatable bonds is 14. The summed E-state index contributed by atoms with van der Waals surface area (Å²) < 4.78 is 14.5. The van der Waals surface area contributed by atoms with Crippen molar-refractivity contribution in [3.8, 4) is 0 Å². The molecule has 6 heteroatoms. The van der Waals surface area contributed by atoms with Gasteiger partial charge >= 0.3 is 11.9 Å². The lowest BCUT2D eigenvalue weighted by molar-refractivity contribution is -0.917. The number of likely N-dealkylation sites (tertiary alicyclic amines) is 2. The summed E-state index contributed by atoms with van der Waals surface area (Å²) in [7, 11) is 4.74. The molecule has 0 atom stereocenters. The molecule has 268 valence electrons. The molecule has 6 rings (SSSR count). The van der Waals surface area contributed by atoms with Gasteiger partial charge in [0.1, 0.15) is 24.0 Å². The van der Waals surface area contributed by atoms with Crippen LogP contribution >= 0.6 is 0 Å². The molecule has 2 fully saturated rings. The first-order valence-electron chi connectivity index (χ1n) is 19.1. The third-order valence-electron chi connectivity index (χ3n) is 11.4. The van der Waals surface area contributed by atoms with Gasteiger partial charge in [0.25, 0.3) is 0 Å². The minimum Gasteiger partial charge on any atom is -0.461 e. The Kier molecular flexibility index (Phi) is 12.4. The number of quaternary nitrogens is 2. The third kappa shape index (κ3) is 9.96. The smallest absolute Gasteiger partial charge is 0.318 e. The van der Waals surface area contributed by atoms with Gasteiger partial charge in [0, 0.05) is 25.7 Å². The van der Waals surface area contributed by atoms with Crippen LogP contribution in [0.25, 0.3) is 0 Å². The zero-order chi connectivity index (χ0) is 35.5. The fraction of sp³-hybridized carbons (Fsp3) is 0.422. The van der Waals surface area contributed by atoms with Gasteiger partial charge in [-0.1, -0.05) is 121 Å². The van der Waals surface area contributed by atoms with Crippen molar-refractivity contribution in [2.45, 2.75) is 69.0 Å². The van der Waals surface area contributed by atoms with E-state index in [4.69, 9.17) is 9.47 Å². The van der Waals surface area contributed by atoms with Gasteiger partial charge in [-0.3, -0.25) is 9.59 Å². The summed E-state index contributed by atoms with van der Waals surface area (Å²) in [6, 6.07) is 40.0. The van der Waals surface area contributed by atoms with Crippen molar-refractivity contribution in [2.24, 2.45) is 0 Å². The van der Waals surface area contributed by atoms with Crippen LogP contribution in [-0.4, -0.2) is 86.5 Å². The second-order valence-electron chi connectivity index (χ2n) is 15.4. The van der Waals surface area contributed by atoms with Gasteiger partial charge in [-0.25, -0.2) is 0 Å². The summed E-state index contributed by atoms with van der Waals surface area (Å²) in [5.74, 6) is -1.08. The Bertz CT molecular complexity index is 1440. The molecule has 2 aliphatic rings. The fourth-order valence-corrected chi connectivity index (χ4v) is 8.16. The molecule has 6 nitrogen and oxygen atoms in total. The van der Waals surface area contributed by atoms with Crippen LogP contribution < -0.4 is 0 Å². The Morgan fingerprint density at radius 1 is 0.490 bits per heavy atom. The molecule has 0 spiro atoms. The van der Waals surface area contributed by atoms with E-state index in [0.717, 1.165) is 83.1 Å². The number of piperidine rings is 2. The summed E-state index contributed by atoms with van der Waals surface area (Å²) in [6.07, 6.45) is 7.27. The largest absolute Gasteiger partial charge is 0.461 e. The number of benzene rings is 4. The monoisotopic (exact) mass is 688 g/mol. The van der Waals surface area contributed by atoms with Crippen molar-refractivity contribution in [2.75, 3.05) is 53.4 Å². The standard InChI is InChI=1S/C45H56N2O4/c1-46(32-26-40(27-33-46)50-44(48)42(36-18-8-3-9-19-36)37-20-10-4-11-21-37)30-16-7-17-31-47(2)34-28-41(29-35-47)51-45(49)43(38-22-12-5-13-23-38)39-24-14-6-15-25-39/h3-6,8-15,18-25,40-43H,7,16-17,26-35H2,1-2H3/q+2. The molecule has 4 aromatic rings. The highest BCUT2D eigenvalue weighted by Crippen LogP contribution is 2.31. The highest BCUT2D eigenvalue weighted by atomic mass is 16.5. The predicted octanol–water partition coefficient (Wildman–Crippen LogP) is 8.13. The molecule has 0 bridgehead atoms. The SMILES string of the molecule is C[N+]1(CCCCC[N+]2(C)CCC(OC(=O)C(c3ccccc3)c3ccccc3)CC2)CCC(OC(=O)C(c2ccccc2)c2ccccc2)CC1. The van der Waals surface area contributed by atoms with Gasteiger partial charge in [-0.2, -0.15) is 0 Å². The number of nitrogens with zero attached hydrogens (tertiary/aromatic N) is 2. The minimum absolute atomic E-state index is 0.0205. The molecule has 0 aliphatic carbocycles. The van der Waals surface area contributed by atoms with Crippen molar-refractivity contribution < 1.29 is 28.0 Å². The average molecular weight is 689 g/mol. The average Bonchev–Trinajstić information content (AvgIpc) is 3.16. The Morgan fingerprint density at radius 2 is 0.765 bits per heavy atom. The van der Waals surface area contributed by atoms with Crippen molar-refractivity contribution in [3.63, 3.8) is 0 Å². The second kappa shape index (κ2) is 17.3. The fourth-order valence-electron chi connectivity index (χ4n) is 8.16. The lowest BCUT2D eigenvalue weighted by Gasteiger charge is -2.41. The molecule has 2 aliphatic heterocycles. The first kappa shape index (κ1) is 36.5. The summed E-state index contributed by atoms with van der Waals surface area (Å²) in [4.78, 5) is 27.0. The van der Waals surface area contributed by atoms with Crippen molar-refractivity contribution in [1.29, 1.82) is 0 Å². The van der Waals surface area contributed by atoms with Gasteiger partial charge in [0.2, 0.25) is 0 Å². The Morgan fingerprint density at radius 3 is 1.04 bits per heavy atom. The molecule has 0 radical (unpaired) electrons. The molecular weight excluding hydrogens is 633 g/mol. The van der Waals surface area contributed by atoms with E-state index in [0.29, 0.717) is 0 Å². The molecule has 51 heavy (non-hydrogen) atoms. The van der Waals surface area contributed by atoms with E-state index in [9.17, 15) is 9.59 Å². The molecule has 2 heterocycles. The number of ether oxygens (including phenoxy) is 2. The molecule has 0 unspecified atom stereocenters. The van der Waals surface area contributed by atoms with Crippen LogP contribution in [0.5, 0.6) is 0 Å². The van der Waals surface area contributed by atoms with Crippen LogP contribution in [0.3, 0.4) is 0 Å². The zero-order valence-electron chi connectivity index (χ0n) is 30.6. The van der Waals surface area contributed by atoms with Crippen molar-refractivity contribution >= 4 is 11.9 Å². The highest BCUT2D eigenvalue weighted by molar-refractivity contribution is 5.83. The number of esters is 2. The number of hydrogen-bond donors (Lipinski definition) is 0.